The summed E-state index contributed by atoms with van der Waals surface area (Å²) in [7, 11) is 0. The smallest absolute Gasteiger partial charge is 0.314 e. The average molecular weight is 1420 g/mol. The highest BCUT2D eigenvalue weighted by atomic mass is 16.5. The van der Waals surface area contributed by atoms with Crippen LogP contribution < -0.4 is 14.2 Å². The molecule has 3 aromatic rings. The van der Waals surface area contributed by atoms with Gasteiger partial charge in [-0.2, -0.15) is 0 Å². The zero-order chi connectivity index (χ0) is 71.3. The molecule has 6 heteroatoms. The molecule has 0 radical (unpaired) electrons. The van der Waals surface area contributed by atoms with E-state index >= 15 is 0 Å². The van der Waals surface area contributed by atoms with Gasteiger partial charge in [-0.3, -0.25) is 14.4 Å². The normalized spacial score (nSPS) is 32.3. The third kappa shape index (κ3) is 25.4. The fourth-order valence-corrected chi connectivity index (χ4v) is 22.5. The highest BCUT2D eigenvalue weighted by Crippen LogP contribution is 2.48. The van der Waals surface area contributed by atoms with Crippen LogP contribution in [0, 0.1) is 88.8 Å². The fraction of sp³-hybridized carbons (Fsp3) is 0.781. The second kappa shape index (κ2) is 43.8. The lowest BCUT2D eigenvalue weighted by Gasteiger charge is -2.37. The minimum absolute atomic E-state index is 0. The first kappa shape index (κ1) is 80.6. The highest BCUT2D eigenvalue weighted by Gasteiger charge is 2.38. The van der Waals surface area contributed by atoms with E-state index in [0.717, 1.165) is 127 Å². The second-order valence-electron chi connectivity index (χ2n) is 36.1. The van der Waals surface area contributed by atoms with Crippen molar-refractivity contribution < 1.29 is 41.4 Å². The van der Waals surface area contributed by atoms with E-state index in [9.17, 15) is 14.4 Å². The summed E-state index contributed by atoms with van der Waals surface area (Å²) in [5, 5.41) is 0. The maximum Gasteiger partial charge on any atom is 0.314 e. The van der Waals surface area contributed by atoms with Gasteiger partial charge in [-0.05, 0) is 334 Å². The maximum absolute atomic E-state index is 12.9. The molecule has 0 unspecified atom stereocenters. The largest absolute Gasteiger partial charge is 0.426 e. The minimum Gasteiger partial charge on any atom is -0.426 e. The molecule has 0 aromatic heterocycles. The van der Waals surface area contributed by atoms with Gasteiger partial charge in [-0.1, -0.05) is 213 Å². The monoisotopic (exact) mass is 1420 g/mol. The Morgan fingerprint density at radius 2 is 0.451 bits per heavy atom. The van der Waals surface area contributed by atoms with Gasteiger partial charge < -0.3 is 14.2 Å². The molecular formula is C96H168O6. The Morgan fingerprint density at radius 3 is 0.676 bits per heavy atom. The first-order chi connectivity index (χ1) is 50.0. The van der Waals surface area contributed by atoms with Crippen molar-refractivity contribution in [2.45, 2.75) is 387 Å². The Morgan fingerprint density at radius 1 is 0.245 bits per heavy atom. The summed E-state index contributed by atoms with van der Waals surface area (Å²) >= 11 is 0. The van der Waals surface area contributed by atoms with Crippen molar-refractivity contribution in [1.82, 2.24) is 0 Å². The van der Waals surface area contributed by atoms with E-state index in [1.165, 1.54) is 306 Å². The summed E-state index contributed by atoms with van der Waals surface area (Å²) in [6, 6.07) is 25.5. The van der Waals surface area contributed by atoms with Gasteiger partial charge in [0.25, 0.3) is 0 Å². The summed E-state index contributed by atoms with van der Waals surface area (Å²) in [5.74, 6) is 15.7. The molecule has 0 N–H and O–H groups in total. The zero-order valence-corrected chi connectivity index (χ0v) is 66.3. The number of hydrogen-bond donors (Lipinski definition) is 0. The molecule has 9 aliphatic carbocycles. The predicted octanol–water partition coefficient (Wildman–Crippen LogP) is 30.6. The fourth-order valence-electron chi connectivity index (χ4n) is 22.5. The Balaban J connectivity index is 0.000000800. The Bertz CT molecular complexity index is 2790. The van der Waals surface area contributed by atoms with E-state index < -0.39 is 0 Å². The summed E-state index contributed by atoms with van der Waals surface area (Å²) in [6.07, 6.45) is 67.6. The molecule has 0 saturated heterocycles. The van der Waals surface area contributed by atoms with Crippen molar-refractivity contribution in [2.24, 2.45) is 88.8 Å². The van der Waals surface area contributed by atoms with Crippen LogP contribution in [0.25, 0.3) is 0 Å². The van der Waals surface area contributed by atoms with Crippen LogP contribution in [-0.4, -0.2) is 17.9 Å². The average Bonchev–Trinajstić information content (AvgIpc) is 0.820. The Labute approximate surface area is 638 Å². The molecule has 12 rings (SSSR count). The Hall–Kier alpha value is -3.93. The quantitative estimate of drug-likeness (QED) is 0.0430. The second-order valence-corrected chi connectivity index (χ2v) is 36.1. The van der Waals surface area contributed by atoms with Gasteiger partial charge in [0.05, 0.1) is 17.8 Å². The standard InChI is InChI=1S/C33H52O2.C32H50O2.C31H48O2.9H2/c1-3-5-6-8-26-11-15-28(16-12-26)30-21-23-32(24-22-30)35-33(34)31-19-17-29(18-20-31)27-13-9-25(7-4-2)10-14-27;1-3-5-7-25-10-14-27(15-11-25)29-20-22-31(23-21-29)34-32(33)30-18-16-28(17-19-30)26-12-8-24(6-4-2)9-13-26;1-3-5-23-7-11-25(12-8-23)27-15-17-29(18-16-27)31(32)33-30-21-19-28(20-22-30)26-13-9-24(6-4-2)10-14-26;;;;;;;;;/h21-29,31H,3-20H2,1-2H3;20-28,30H,3-19H2,1-2H3;19-27,29H,3-18H2,1-2H3;9*1H. The van der Waals surface area contributed by atoms with Crippen molar-refractivity contribution in [3.8, 4) is 17.2 Å². The van der Waals surface area contributed by atoms with E-state index in [4.69, 9.17) is 14.2 Å². The first-order valence-corrected chi connectivity index (χ1v) is 44.9. The van der Waals surface area contributed by atoms with Crippen molar-refractivity contribution in [2.75, 3.05) is 0 Å². The van der Waals surface area contributed by atoms with Crippen LogP contribution in [0.15, 0.2) is 72.8 Å². The van der Waals surface area contributed by atoms with E-state index in [1.807, 2.05) is 36.4 Å². The van der Waals surface area contributed by atoms with Crippen molar-refractivity contribution in [3.05, 3.63) is 89.5 Å². The molecule has 9 saturated carbocycles. The molecule has 3 aromatic carbocycles. The van der Waals surface area contributed by atoms with Crippen LogP contribution in [0.5, 0.6) is 17.2 Å². The number of ether oxygens (including phenoxy) is 3. The minimum atomic E-state index is 0. The predicted molar refractivity (Wildman–Crippen MR) is 445 cm³/mol. The molecule has 6 nitrogen and oxygen atoms in total. The van der Waals surface area contributed by atoms with Crippen molar-refractivity contribution >= 4 is 17.9 Å². The Kier molecular flexibility index (Phi) is 34.6. The summed E-state index contributed by atoms with van der Waals surface area (Å²) in [4.78, 5) is 38.6. The maximum atomic E-state index is 12.9. The van der Waals surface area contributed by atoms with Gasteiger partial charge in [0.2, 0.25) is 0 Å². The van der Waals surface area contributed by atoms with Gasteiger partial charge in [0.15, 0.2) is 0 Å². The molecule has 9 aliphatic rings. The lowest BCUT2D eigenvalue weighted by atomic mass is 9.69. The van der Waals surface area contributed by atoms with Crippen LogP contribution in [-0.2, 0) is 14.4 Å². The number of carbonyl (C=O) groups is 3. The SMILES string of the molecule is CCCC1CCC(c2ccc(OC(=O)C3CCC(C4CCC(CCC)CC4)CC3)cc2)CC1.CCCCC1CCC(c2ccc(OC(=O)C3CCC(C4CCC(CCC)CC4)CC3)cc2)CC1.CCCCCC1CCC(c2ccc(OC(=O)C3CCC(C4CCC(CCC)CC4)CC3)cc2)CC1.[HH].[HH].[HH].[HH].[HH].[HH].[HH].[HH].[HH]. The summed E-state index contributed by atoms with van der Waals surface area (Å²) < 4.78 is 17.5. The molecule has 102 heavy (non-hydrogen) atoms. The zero-order valence-electron chi connectivity index (χ0n) is 66.3. The third-order valence-electron chi connectivity index (χ3n) is 29.2. The lowest BCUT2D eigenvalue weighted by molar-refractivity contribution is -0.141. The van der Waals surface area contributed by atoms with Crippen LogP contribution in [0.2, 0.25) is 0 Å². The number of unbranched alkanes of at least 4 members (excludes halogenated alkanes) is 3. The highest BCUT2D eigenvalue weighted by molar-refractivity contribution is 5.76. The molecule has 0 spiro atoms. The molecule has 588 valence electrons. The summed E-state index contributed by atoms with van der Waals surface area (Å²) in [5.41, 5.74) is 4.30. The molecule has 0 amide bonds. The number of esters is 3. The number of carbonyl (C=O) groups excluding carboxylic acids is 3. The van der Waals surface area contributed by atoms with Gasteiger partial charge >= 0.3 is 17.9 Å². The van der Waals surface area contributed by atoms with Crippen LogP contribution in [0.3, 0.4) is 0 Å². The first-order valence-electron chi connectivity index (χ1n) is 44.9. The molecule has 9 fully saturated rings. The van der Waals surface area contributed by atoms with E-state index in [1.54, 1.807) is 0 Å². The topological polar surface area (TPSA) is 78.9 Å². The van der Waals surface area contributed by atoms with Gasteiger partial charge in [-0.25, -0.2) is 0 Å². The van der Waals surface area contributed by atoms with Gasteiger partial charge in [-0.15, -0.1) is 0 Å². The molecule has 0 atom stereocenters. The number of rotatable bonds is 27. The van der Waals surface area contributed by atoms with Crippen LogP contribution >= 0.6 is 0 Å². The van der Waals surface area contributed by atoms with Crippen LogP contribution in [0.1, 0.15) is 416 Å². The van der Waals surface area contributed by atoms with Gasteiger partial charge in [0, 0.05) is 12.8 Å². The van der Waals surface area contributed by atoms with E-state index in [0.29, 0.717) is 17.8 Å². The van der Waals surface area contributed by atoms with Crippen molar-refractivity contribution in [1.29, 1.82) is 0 Å². The third-order valence-corrected chi connectivity index (χ3v) is 29.2. The number of hydrogen-bond acceptors (Lipinski definition) is 6. The van der Waals surface area contributed by atoms with E-state index in [2.05, 4.69) is 77.9 Å². The molecular weight excluding hydrogens is 1250 g/mol. The van der Waals surface area contributed by atoms with Crippen molar-refractivity contribution in [3.63, 3.8) is 0 Å². The van der Waals surface area contributed by atoms with E-state index in [-0.39, 0.29) is 48.5 Å². The summed E-state index contributed by atoms with van der Waals surface area (Å²) in [6.45, 7) is 13.9. The molecule has 0 aliphatic heterocycles. The van der Waals surface area contributed by atoms with Crippen LogP contribution in [0.4, 0.5) is 0 Å². The molecule has 0 heterocycles. The molecule has 0 bridgehead atoms. The lowest BCUT2D eigenvalue weighted by Crippen LogP contribution is -2.30. The number of benzene rings is 3. The van der Waals surface area contributed by atoms with Gasteiger partial charge in [0.1, 0.15) is 17.2 Å².